The largest absolute Gasteiger partial charge is 0.366 e. The van der Waals surface area contributed by atoms with Gasteiger partial charge in [-0.1, -0.05) is 13.8 Å². The van der Waals surface area contributed by atoms with Crippen LogP contribution in [0.5, 0.6) is 0 Å². The van der Waals surface area contributed by atoms with Gasteiger partial charge in [0.2, 0.25) is 5.91 Å². The lowest BCUT2D eigenvalue weighted by molar-refractivity contribution is -0.125. The van der Waals surface area contributed by atoms with Crippen LogP contribution < -0.4 is 5.32 Å². The maximum Gasteiger partial charge on any atom is 0.220 e. The zero-order valence-corrected chi connectivity index (χ0v) is 8.82. The van der Waals surface area contributed by atoms with Crippen molar-refractivity contribution in [2.24, 2.45) is 5.92 Å². The number of aliphatic hydroxyl groups excluding tert-OH is 1. The van der Waals surface area contributed by atoms with E-state index in [9.17, 15) is 9.90 Å². The van der Waals surface area contributed by atoms with Crippen molar-refractivity contribution < 1.29 is 14.6 Å². The quantitative estimate of drug-likeness (QED) is 0.702. The second-order valence-corrected chi connectivity index (χ2v) is 4.16. The topological polar surface area (TPSA) is 58.6 Å². The maximum absolute atomic E-state index is 11.4. The SMILES string of the molecule is CC(C)CCC(=O)N[C@H]1CCOC1O. The van der Waals surface area contributed by atoms with E-state index < -0.39 is 6.29 Å². The van der Waals surface area contributed by atoms with Gasteiger partial charge in [-0.15, -0.1) is 0 Å². The lowest BCUT2D eigenvalue weighted by Crippen LogP contribution is -2.40. The molecular weight excluding hydrogens is 182 g/mol. The molecule has 1 unspecified atom stereocenters. The first-order valence-electron chi connectivity index (χ1n) is 5.18. The molecule has 14 heavy (non-hydrogen) atoms. The van der Waals surface area contributed by atoms with Gasteiger partial charge in [-0.2, -0.15) is 0 Å². The third-order valence-electron chi connectivity index (χ3n) is 2.36. The fourth-order valence-electron chi connectivity index (χ4n) is 1.42. The van der Waals surface area contributed by atoms with Crippen molar-refractivity contribution in [3.8, 4) is 0 Å². The summed E-state index contributed by atoms with van der Waals surface area (Å²) >= 11 is 0. The van der Waals surface area contributed by atoms with Crippen LogP contribution in [0, 0.1) is 5.92 Å². The van der Waals surface area contributed by atoms with Crippen LogP contribution in [0.25, 0.3) is 0 Å². The Hall–Kier alpha value is -0.610. The minimum absolute atomic E-state index is 0.00764. The highest BCUT2D eigenvalue weighted by Gasteiger charge is 2.27. The number of ether oxygens (including phenoxy) is 1. The number of amides is 1. The minimum atomic E-state index is -0.821. The van der Waals surface area contributed by atoms with Crippen LogP contribution in [-0.2, 0) is 9.53 Å². The van der Waals surface area contributed by atoms with Gasteiger partial charge in [0, 0.05) is 6.42 Å². The number of nitrogens with one attached hydrogen (secondary N) is 1. The highest BCUT2D eigenvalue weighted by Crippen LogP contribution is 2.11. The van der Waals surface area contributed by atoms with E-state index in [2.05, 4.69) is 19.2 Å². The summed E-state index contributed by atoms with van der Waals surface area (Å²) in [5, 5.41) is 12.0. The molecule has 0 aliphatic carbocycles. The molecule has 4 heteroatoms. The number of carbonyl (C=O) groups is 1. The molecule has 0 aromatic heterocycles. The second-order valence-electron chi connectivity index (χ2n) is 4.16. The first-order valence-corrected chi connectivity index (χ1v) is 5.18. The zero-order valence-electron chi connectivity index (χ0n) is 8.82. The molecule has 1 aliphatic rings. The van der Waals surface area contributed by atoms with Gasteiger partial charge in [-0.05, 0) is 18.8 Å². The Bertz CT molecular complexity index is 194. The van der Waals surface area contributed by atoms with Crippen molar-refractivity contribution in [3.05, 3.63) is 0 Å². The van der Waals surface area contributed by atoms with E-state index in [0.717, 1.165) is 6.42 Å². The summed E-state index contributed by atoms with van der Waals surface area (Å²) in [6, 6.07) is -0.213. The van der Waals surface area contributed by atoms with Crippen LogP contribution in [0.3, 0.4) is 0 Å². The van der Waals surface area contributed by atoms with E-state index in [-0.39, 0.29) is 11.9 Å². The number of hydrogen-bond donors (Lipinski definition) is 2. The van der Waals surface area contributed by atoms with Crippen LogP contribution in [0.15, 0.2) is 0 Å². The summed E-state index contributed by atoms with van der Waals surface area (Å²) in [7, 11) is 0. The molecule has 0 aromatic carbocycles. The zero-order chi connectivity index (χ0) is 10.6. The van der Waals surface area contributed by atoms with Crippen molar-refractivity contribution in [1.29, 1.82) is 0 Å². The molecule has 1 fully saturated rings. The number of aliphatic hydroxyl groups is 1. The lowest BCUT2D eigenvalue weighted by atomic mass is 10.1. The molecule has 0 radical (unpaired) electrons. The fourth-order valence-corrected chi connectivity index (χ4v) is 1.42. The fraction of sp³-hybridized carbons (Fsp3) is 0.900. The first-order chi connectivity index (χ1) is 6.59. The van der Waals surface area contributed by atoms with Gasteiger partial charge in [0.05, 0.1) is 12.6 Å². The summed E-state index contributed by atoms with van der Waals surface area (Å²) in [5.41, 5.74) is 0. The van der Waals surface area contributed by atoms with E-state index in [1.165, 1.54) is 0 Å². The maximum atomic E-state index is 11.4. The van der Waals surface area contributed by atoms with Crippen molar-refractivity contribution in [1.82, 2.24) is 5.32 Å². The van der Waals surface area contributed by atoms with E-state index in [4.69, 9.17) is 4.74 Å². The number of hydrogen-bond acceptors (Lipinski definition) is 3. The van der Waals surface area contributed by atoms with E-state index in [1.807, 2.05) is 0 Å². The lowest BCUT2D eigenvalue weighted by Gasteiger charge is -2.15. The molecule has 0 bridgehead atoms. The molecule has 1 amide bonds. The first kappa shape index (κ1) is 11.5. The monoisotopic (exact) mass is 201 g/mol. The summed E-state index contributed by atoms with van der Waals surface area (Å²) < 4.78 is 4.93. The van der Waals surface area contributed by atoms with Crippen molar-refractivity contribution in [2.45, 2.75) is 45.4 Å². The van der Waals surface area contributed by atoms with Crippen LogP contribution in [-0.4, -0.2) is 30.0 Å². The molecule has 1 heterocycles. The van der Waals surface area contributed by atoms with Gasteiger partial charge in [0.1, 0.15) is 0 Å². The molecule has 82 valence electrons. The predicted molar refractivity (Wildman–Crippen MR) is 52.6 cm³/mol. The van der Waals surface area contributed by atoms with Gasteiger partial charge in [-0.25, -0.2) is 0 Å². The summed E-state index contributed by atoms with van der Waals surface area (Å²) in [4.78, 5) is 11.4. The molecule has 4 nitrogen and oxygen atoms in total. The van der Waals surface area contributed by atoms with Crippen molar-refractivity contribution >= 4 is 5.91 Å². The third-order valence-corrected chi connectivity index (χ3v) is 2.36. The average Bonchev–Trinajstić information content (AvgIpc) is 2.49. The highest BCUT2D eigenvalue weighted by atomic mass is 16.6. The minimum Gasteiger partial charge on any atom is -0.366 e. The van der Waals surface area contributed by atoms with Gasteiger partial charge >= 0.3 is 0 Å². The summed E-state index contributed by atoms with van der Waals surface area (Å²) in [6.45, 7) is 4.69. The molecule has 0 saturated carbocycles. The van der Waals surface area contributed by atoms with E-state index in [1.54, 1.807) is 0 Å². The Kier molecular flexibility index (Phi) is 4.35. The van der Waals surface area contributed by atoms with Gasteiger partial charge in [0.25, 0.3) is 0 Å². The Morgan fingerprint density at radius 3 is 2.86 bits per heavy atom. The average molecular weight is 201 g/mol. The van der Waals surface area contributed by atoms with Crippen molar-refractivity contribution in [2.75, 3.05) is 6.61 Å². The molecule has 2 N–H and O–H groups in total. The van der Waals surface area contributed by atoms with Crippen LogP contribution in [0.4, 0.5) is 0 Å². The Balaban J connectivity index is 2.19. The van der Waals surface area contributed by atoms with Crippen LogP contribution >= 0.6 is 0 Å². The van der Waals surface area contributed by atoms with E-state index in [0.29, 0.717) is 25.4 Å². The second kappa shape index (κ2) is 5.32. The molecular formula is C10H19NO3. The van der Waals surface area contributed by atoms with Gasteiger partial charge < -0.3 is 15.2 Å². The van der Waals surface area contributed by atoms with Gasteiger partial charge in [-0.3, -0.25) is 4.79 Å². The Morgan fingerprint density at radius 1 is 1.64 bits per heavy atom. The predicted octanol–water partition coefficient (Wildman–Crippen LogP) is 0.646. The van der Waals surface area contributed by atoms with E-state index >= 15 is 0 Å². The molecule has 0 aromatic rings. The normalized spacial score (nSPS) is 26.9. The standard InChI is InChI=1S/C10H19NO3/c1-7(2)3-4-9(12)11-8-5-6-14-10(8)13/h7-8,10,13H,3-6H2,1-2H3,(H,11,12)/t8-,10?/m0/s1. The van der Waals surface area contributed by atoms with Gasteiger partial charge in [0.15, 0.2) is 6.29 Å². The van der Waals surface area contributed by atoms with Crippen molar-refractivity contribution in [3.63, 3.8) is 0 Å². The van der Waals surface area contributed by atoms with Crippen LogP contribution in [0.1, 0.15) is 33.1 Å². The highest BCUT2D eigenvalue weighted by molar-refractivity contribution is 5.76. The smallest absolute Gasteiger partial charge is 0.220 e. The van der Waals surface area contributed by atoms with Crippen LogP contribution in [0.2, 0.25) is 0 Å². The molecule has 2 atom stereocenters. The molecule has 1 aliphatic heterocycles. The molecule has 1 rings (SSSR count). The Morgan fingerprint density at radius 2 is 2.36 bits per heavy atom. The summed E-state index contributed by atoms with van der Waals surface area (Å²) in [5.74, 6) is 0.541. The molecule has 0 spiro atoms. The number of rotatable bonds is 4. The number of carbonyl (C=O) groups excluding carboxylic acids is 1. The molecule has 1 saturated heterocycles. The Labute approximate surface area is 84.6 Å². The third kappa shape index (κ3) is 3.64. The summed E-state index contributed by atoms with van der Waals surface area (Å²) in [6.07, 6.45) is 1.29.